The zero-order valence-electron chi connectivity index (χ0n) is 26.2. The summed E-state index contributed by atoms with van der Waals surface area (Å²) in [7, 11) is 1.94. The van der Waals surface area contributed by atoms with E-state index < -0.39 is 6.09 Å². The van der Waals surface area contributed by atoms with Gasteiger partial charge in [-0.15, -0.1) is 0 Å². The monoisotopic (exact) mass is 605 g/mol. The molecule has 9 heteroatoms. The Balaban J connectivity index is 1.36. The fraction of sp³-hybridized carbons (Fsp3) is 0.306. The number of hydrogen-bond donors (Lipinski definition) is 1. The van der Waals surface area contributed by atoms with Gasteiger partial charge in [-0.2, -0.15) is 10.1 Å². The Morgan fingerprint density at radius 2 is 1.53 bits per heavy atom. The third kappa shape index (κ3) is 6.43. The molecule has 3 aromatic carbocycles. The van der Waals surface area contributed by atoms with Gasteiger partial charge in [0.1, 0.15) is 18.9 Å². The molecule has 1 N–H and O–H groups in total. The highest BCUT2D eigenvalue weighted by Gasteiger charge is 2.38. The number of hydrogen-bond acceptors (Lipinski definition) is 6. The summed E-state index contributed by atoms with van der Waals surface area (Å²) < 4.78 is 14.3. The number of amides is 1. The smallest absolute Gasteiger partial charge is 0.407 e. The van der Waals surface area contributed by atoms with Crippen LogP contribution in [-0.4, -0.2) is 56.5 Å². The van der Waals surface area contributed by atoms with E-state index in [4.69, 9.17) is 19.6 Å². The summed E-state index contributed by atoms with van der Waals surface area (Å²) in [5.74, 6) is 0.911. The average molecular weight is 606 g/mol. The van der Waals surface area contributed by atoms with Gasteiger partial charge in [-0.05, 0) is 28.7 Å². The van der Waals surface area contributed by atoms with Crippen molar-refractivity contribution in [2.45, 2.75) is 40.0 Å². The maximum absolute atomic E-state index is 12.1. The molecule has 232 valence electrons. The lowest BCUT2D eigenvalue weighted by atomic mass is 9.84. The van der Waals surface area contributed by atoms with Crippen LogP contribution in [0.5, 0.6) is 11.8 Å². The Labute approximate surface area is 263 Å². The molecule has 45 heavy (non-hydrogen) atoms. The van der Waals surface area contributed by atoms with E-state index in [0.29, 0.717) is 44.6 Å². The molecule has 1 fully saturated rings. The molecule has 5 aromatic rings. The van der Waals surface area contributed by atoms with E-state index in [-0.39, 0.29) is 11.5 Å². The lowest BCUT2D eigenvalue weighted by Crippen LogP contribution is -2.59. The number of ether oxygens (including phenoxy) is 2. The molecule has 2 aromatic heterocycles. The molecule has 1 saturated heterocycles. The summed E-state index contributed by atoms with van der Waals surface area (Å²) in [5.41, 5.74) is 5.39. The van der Waals surface area contributed by atoms with Gasteiger partial charge >= 0.3 is 6.09 Å². The SMILES string of the molecule is Cn1nc(-c2ccc(OCc3ccccc3)nc2OCc2ccccc2)c2cccc(N3CCN(C(=O)O)C(C(C)(C)C)C3)c21. The minimum atomic E-state index is -0.873. The summed E-state index contributed by atoms with van der Waals surface area (Å²) in [6.07, 6.45) is -0.873. The quantitative estimate of drug-likeness (QED) is 0.203. The van der Waals surface area contributed by atoms with Gasteiger partial charge in [-0.25, -0.2) is 4.79 Å². The molecule has 0 spiro atoms. The minimum absolute atomic E-state index is 0.155. The van der Waals surface area contributed by atoms with Crippen molar-refractivity contribution in [2.75, 3.05) is 24.5 Å². The normalized spacial score (nSPS) is 15.3. The number of pyridine rings is 1. The fourth-order valence-electron chi connectivity index (χ4n) is 5.99. The molecule has 0 aliphatic carbocycles. The van der Waals surface area contributed by atoms with Crippen LogP contribution >= 0.6 is 0 Å². The number of piperazine rings is 1. The Hall–Kier alpha value is -5.05. The zero-order valence-corrected chi connectivity index (χ0v) is 26.2. The third-order valence-electron chi connectivity index (χ3n) is 8.35. The van der Waals surface area contributed by atoms with Crippen LogP contribution in [0, 0.1) is 5.41 Å². The molecule has 1 unspecified atom stereocenters. The lowest BCUT2D eigenvalue weighted by molar-refractivity contribution is 0.0749. The van der Waals surface area contributed by atoms with Crippen LogP contribution in [0.1, 0.15) is 31.9 Å². The van der Waals surface area contributed by atoms with E-state index in [1.165, 1.54) is 0 Å². The number of benzene rings is 3. The van der Waals surface area contributed by atoms with Crippen LogP contribution in [0.3, 0.4) is 0 Å². The first kappa shape index (κ1) is 30.0. The van der Waals surface area contributed by atoms with E-state index >= 15 is 0 Å². The molecule has 1 amide bonds. The highest BCUT2D eigenvalue weighted by atomic mass is 16.5. The molecule has 6 rings (SSSR count). The largest absolute Gasteiger partial charge is 0.473 e. The second kappa shape index (κ2) is 12.5. The molecule has 1 atom stereocenters. The molecule has 3 heterocycles. The summed E-state index contributed by atoms with van der Waals surface area (Å²) in [6, 6.07) is 29.8. The highest BCUT2D eigenvalue weighted by molar-refractivity contribution is 6.01. The number of aromatic nitrogens is 3. The second-order valence-corrected chi connectivity index (χ2v) is 12.5. The van der Waals surface area contributed by atoms with Crippen molar-refractivity contribution in [1.29, 1.82) is 0 Å². The van der Waals surface area contributed by atoms with Gasteiger partial charge in [0, 0.05) is 38.1 Å². The standard InChI is InChI=1S/C36H39N5O4/c1-36(2,3)30-22-40(20-21-41(30)35(42)43)29-17-11-16-27-32(38-39(4)33(27)29)28-18-19-31(44-23-25-12-7-5-8-13-25)37-34(28)45-24-26-14-9-6-10-15-26/h5-19,30H,20-24H2,1-4H3,(H,42,43). The van der Waals surface area contributed by atoms with Gasteiger partial charge in [-0.3, -0.25) is 4.68 Å². The van der Waals surface area contributed by atoms with E-state index in [1.54, 1.807) is 4.90 Å². The zero-order chi connectivity index (χ0) is 31.6. The van der Waals surface area contributed by atoms with Gasteiger partial charge in [-0.1, -0.05) is 93.6 Å². The predicted octanol–water partition coefficient (Wildman–Crippen LogP) is 7.01. The van der Waals surface area contributed by atoms with Gasteiger partial charge < -0.3 is 24.4 Å². The number of rotatable bonds is 8. The number of anilines is 1. The van der Waals surface area contributed by atoms with Crippen LogP contribution in [0.4, 0.5) is 10.5 Å². The van der Waals surface area contributed by atoms with Crippen LogP contribution < -0.4 is 14.4 Å². The lowest BCUT2D eigenvalue weighted by Gasteiger charge is -2.46. The van der Waals surface area contributed by atoms with Gasteiger partial charge in [0.2, 0.25) is 11.8 Å². The topological polar surface area (TPSA) is 93.0 Å². The molecule has 1 aliphatic heterocycles. The van der Waals surface area contributed by atoms with Crippen LogP contribution in [0.15, 0.2) is 91.0 Å². The highest BCUT2D eigenvalue weighted by Crippen LogP contribution is 2.39. The van der Waals surface area contributed by atoms with Crippen molar-refractivity contribution in [3.63, 3.8) is 0 Å². The summed E-state index contributed by atoms with van der Waals surface area (Å²) in [5, 5.41) is 15.8. The van der Waals surface area contributed by atoms with Gasteiger partial charge in [0.05, 0.1) is 22.8 Å². The van der Waals surface area contributed by atoms with E-state index in [0.717, 1.165) is 39.0 Å². The fourth-order valence-corrected chi connectivity index (χ4v) is 5.99. The summed E-state index contributed by atoms with van der Waals surface area (Å²) in [6.45, 7) is 8.65. The van der Waals surface area contributed by atoms with Gasteiger partial charge in [0.25, 0.3) is 0 Å². The van der Waals surface area contributed by atoms with Crippen LogP contribution in [0.2, 0.25) is 0 Å². The summed E-state index contributed by atoms with van der Waals surface area (Å²) >= 11 is 0. The van der Waals surface area contributed by atoms with E-state index in [9.17, 15) is 9.90 Å². The van der Waals surface area contributed by atoms with Crippen molar-refractivity contribution in [3.8, 4) is 23.0 Å². The number of para-hydroxylation sites is 1. The Kier molecular flexibility index (Phi) is 8.34. The first-order chi connectivity index (χ1) is 21.7. The number of aryl methyl sites for hydroxylation is 1. The van der Waals surface area contributed by atoms with Crippen LogP contribution in [-0.2, 0) is 20.3 Å². The Morgan fingerprint density at radius 3 is 2.18 bits per heavy atom. The number of carbonyl (C=O) groups is 1. The van der Waals surface area contributed by atoms with Crippen molar-refractivity contribution in [1.82, 2.24) is 19.7 Å². The van der Waals surface area contributed by atoms with Gasteiger partial charge in [0.15, 0.2) is 0 Å². The minimum Gasteiger partial charge on any atom is -0.473 e. The third-order valence-corrected chi connectivity index (χ3v) is 8.35. The molecule has 0 saturated carbocycles. The summed E-state index contributed by atoms with van der Waals surface area (Å²) in [4.78, 5) is 20.7. The van der Waals surface area contributed by atoms with Crippen molar-refractivity contribution in [2.24, 2.45) is 12.5 Å². The number of carboxylic acid groups (broad SMARTS) is 1. The number of fused-ring (bicyclic) bond motifs is 1. The predicted molar refractivity (Wildman–Crippen MR) is 176 cm³/mol. The maximum atomic E-state index is 12.1. The van der Waals surface area contributed by atoms with Crippen LogP contribution in [0.25, 0.3) is 22.2 Å². The first-order valence-corrected chi connectivity index (χ1v) is 15.2. The average Bonchev–Trinajstić information content (AvgIpc) is 3.39. The van der Waals surface area contributed by atoms with Crippen molar-refractivity contribution >= 4 is 22.7 Å². The molecular weight excluding hydrogens is 566 g/mol. The maximum Gasteiger partial charge on any atom is 0.407 e. The first-order valence-electron chi connectivity index (χ1n) is 15.2. The molecule has 0 radical (unpaired) electrons. The van der Waals surface area contributed by atoms with Crippen molar-refractivity contribution in [3.05, 3.63) is 102 Å². The Morgan fingerprint density at radius 1 is 0.867 bits per heavy atom. The molecule has 1 aliphatic rings. The molecule has 0 bridgehead atoms. The van der Waals surface area contributed by atoms with E-state index in [1.807, 2.05) is 90.6 Å². The molecule has 9 nitrogen and oxygen atoms in total. The Bertz CT molecular complexity index is 1780. The second-order valence-electron chi connectivity index (χ2n) is 12.5. The molecular formula is C36H39N5O4. The van der Waals surface area contributed by atoms with Crippen molar-refractivity contribution < 1.29 is 19.4 Å². The van der Waals surface area contributed by atoms with E-state index in [2.05, 4.69) is 37.8 Å². The number of nitrogens with zero attached hydrogens (tertiary/aromatic N) is 5.